The highest BCUT2D eigenvalue weighted by atomic mass is 35.5. The molecule has 0 bridgehead atoms. The van der Waals surface area contributed by atoms with E-state index < -0.39 is 5.97 Å². The molecule has 2 aromatic heterocycles. The number of aliphatic carboxylic acids is 1. The van der Waals surface area contributed by atoms with Crippen LogP contribution in [0.2, 0.25) is 15.1 Å². The van der Waals surface area contributed by atoms with Crippen LogP contribution < -0.4 is 20.1 Å². The normalized spacial score (nSPS) is 17.7. The maximum atomic E-state index is 11.6. The van der Waals surface area contributed by atoms with Crippen LogP contribution in [0.25, 0.3) is 32.6 Å². The third-order valence-electron chi connectivity index (χ3n) is 9.35. The Kier molecular flexibility index (Phi) is 11.2. The molecule has 270 valence electrons. The zero-order chi connectivity index (χ0) is 36.4. The van der Waals surface area contributed by atoms with Crippen LogP contribution in [0.5, 0.6) is 17.4 Å². The molecule has 5 aromatic rings. The molecule has 0 radical (unpaired) electrons. The summed E-state index contributed by atoms with van der Waals surface area (Å²) in [6.45, 7) is 3.07. The predicted molar refractivity (Wildman–Crippen MR) is 205 cm³/mol. The number of benzene rings is 3. The number of nitrogens with zero attached hydrogens (tertiary/aromatic N) is 3. The van der Waals surface area contributed by atoms with E-state index in [1.807, 2.05) is 48.5 Å². The number of carboxylic acid groups (broad SMARTS) is 1. The molecule has 0 saturated carbocycles. The number of carboxylic acids is 1. The molecule has 52 heavy (non-hydrogen) atoms. The molecule has 4 heterocycles. The summed E-state index contributed by atoms with van der Waals surface area (Å²) in [7, 11) is 1.58. The number of likely N-dealkylation sites (tertiary alicyclic amines) is 1. The average Bonchev–Trinajstić information content (AvgIpc) is 3.74. The number of methoxy groups -OCH3 is 1. The van der Waals surface area contributed by atoms with Gasteiger partial charge in [-0.1, -0.05) is 71.2 Å². The monoisotopic (exact) mass is 779 g/mol. The molecule has 2 fully saturated rings. The van der Waals surface area contributed by atoms with Crippen molar-refractivity contribution in [1.29, 1.82) is 0 Å². The minimum absolute atomic E-state index is 0.0890. The number of thiazole rings is 1. The van der Waals surface area contributed by atoms with Gasteiger partial charge in [-0.2, -0.15) is 0 Å². The van der Waals surface area contributed by atoms with Gasteiger partial charge in [-0.15, -0.1) is 11.3 Å². The summed E-state index contributed by atoms with van der Waals surface area (Å²) in [6.07, 6.45) is 2.91. The van der Waals surface area contributed by atoms with Crippen LogP contribution in [-0.2, 0) is 22.7 Å². The third-order valence-corrected chi connectivity index (χ3v) is 11.4. The van der Waals surface area contributed by atoms with Gasteiger partial charge in [0.2, 0.25) is 11.8 Å². The first-order valence-electron chi connectivity index (χ1n) is 17.0. The number of pyridine rings is 1. The SMILES string of the molecule is COc1nc(-c2cccc(-c3cccc(Oc4cc(Cl)cc5sc(CN6CCCC(C(=O)O)C6)nc45)c3Cl)c2Cl)ccc1CNC[C@H]1CCC(=O)N1. The number of hydrogen-bond donors (Lipinski definition) is 3. The number of rotatable bonds is 12. The smallest absolute Gasteiger partial charge is 0.307 e. The van der Waals surface area contributed by atoms with Crippen LogP contribution in [0, 0.1) is 5.92 Å². The zero-order valence-electron chi connectivity index (χ0n) is 28.3. The van der Waals surface area contributed by atoms with Crippen molar-refractivity contribution in [3.63, 3.8) is 0 Å². The minimum atomic E-state index is -0.757. The molecular formula is C38H36Cl3N5O5S. The molecule has 2 saturated heterocycles. The van der Waals surface area contributed by atoms with Crippen molar-refractivity contribution in [2.45, 2.75) is 44.8 Å². The first kappa shape index (κ1) is 36.4. The fourth-order valence-electron chi connectivity index (χ4n) is 6.75. The van der Waals surface area contributed by atoms with Gasteiger partial charge in [-0.3, -0.25) is 14.5 Å². The third kappa shape index (κ3) is 8.00. The molecule has 0 aliphatic carbocycles. The summed E-state index contributed by atoms with van der Waals surface area (Å²) >= 11 is 22.2. The van der Waals surface area contributed by atoms with E-state index in [-0.39, 0.29) is 17.9 Å². The quantitative estimate of drug-likeness (QED) is 0.114. The summed E-state index contributed by atoms with van der Waals surface area (Å²) < 4.78 is 12.9. The number of ether oxygens (including phenoxy) is 2. The molecule has 7 rings (SSSR count). The van der Waals surface area contributed by atoms with E-state index >= 15 is 0 Å². The number of nitrogens with one attached hydrogen (secondary N) is 2. The number of amides is 1. The minimum Gasteiger partial charge on any atom is -0.481 e. The van der Waals surface area contributed by atoms with Gasteiger partial charge >= 0.3 is 5.97 Å². The van der Waals surface area contributed by atoms with Gasteiger partial charge in [0.15, 0.2) is 5.75 Å². The molecule has 2 atom stereocenters. The number of carbonyl (C=O) groups is 2. The fourth-order valence-corrected chi connectivity index (χ4v) is 8.68. The topological polar surface area (TPSA) is 126 Å². The van der Waals surface area contributed by atoms with E-state index in [0.717, 1.165) is 34.7 Å². The Morgan fingerprint density at radius 3 is 2.58 bits per heavy atom. The molecule has 2 aliphatic rings. The van der Waals surface area contributed by atoms with Gasteiger partial charge in [0.05, 0.1) is 40.0 Å². The Hall–Kier alpha value is -3.97. The number of aromatic nitrogens is 2. The van der Waals surface area contributed by atoms with Crippen LogP contribution in [0.15, 0.2) is 60.7 Å². The molecule has 3 aromatic carbocycles. The van der Waals surface area contributed by atoms with Crippen LogP contribution >= 0.6 is 46.1 Å². The lowest BCUT2D eigenvalue weighted by Crippen LogP contribution is -2.38. The molecule has 0 spiro atoms. The maximum Gasteiger partial charge on any atom is 0.307 e. The lowest BCUT2D eigenvalue weighted by Gasteiger charge is -2.29. The van der Waals surface area contributed by atoms with Crippen LogP contribution in [-0.4, -0.2) is 64.6 Å². The Morgan fingerprint density at radius 1 is 1.02 bits per heavy atom. The molecule has 3 N–H and O–H groups in total. The number of halogens is 3. The van der Waals surface area contributed by atoms with Gasteiger partial charge in [0.1, 0.15) is 16.3 Å². The van der Waals surface area contributed by atoms with E-state index in [4.69, 9.17) is 54.2 Å². The lowest BCUT2D eigenvalue weighted by atomic mass is 9.98. The second kappa shape index (κ2) is 16.0. The molecule has 2 aliphatic heterocycles. The van der Waals surface area contributed by atoms with E-state index in [2.05, 4.69) is 15.5 Å². The highest BCUT2D eigenvalue weighted by Gasteiger charge is 2.27. The van der Waals surface area contributed by atoms with Crippen molar-refractivity contribution < 1.29 is 24.2 Å². The predicted octanol–water partition coefficient (Wildman–Crippen LogP) is 8.45. The number of carbonyl (C=O) groups excluding carboxylic acids is 1. The highest BCUT2D eigenvalue weighted by molar-refractivity contribution is 7.18. The number of piperidine rings is 1. The van der Waals surface area contributed by atoms with Crippen molar-refractivity contribution >= 4 is 68.2 Å². The number of fused-ring (bicyclic) bond motifs is 1. The standard InChI is InChI=1S/C38H36Cl3N5O5S/c1-50-37-21(17-42-18-24-11-13-32(47)43-24)10-12-28(44-37)27-8-2-6-25(34(27)40)26-7-3-9-29(35(26)41)51-30-15-23(39)16-31-36(30)45-33(52-31)20-46-14-4-5-22(19-46)38(48)49/h2-3,6-10,12,15-16,22,24,42H,4-5,11,13-14,17-20H2,1H3,(H,43,47)(H,48,49)/t22?,24-/m1/s1. The van der Waals surface area contributed by atoms with Gasteiger partial charge in [-0.25, -0.2) is 9.97 Å². The number of hydrogen-bond acceptors (Lipinski definition) is 9. The molecular weight excluding hydrogens is 745 g/mol. The van der Waals surface area contributed by atoms with Crippen LogP contribution in [0.4, 0.5) is 0 Å². The lowest BCUT2D eigenvalue weighted by molar-refractivity contribution is -0.143. The van der Waals surface area contributed by atoms with Gasteiger partial charge in [0, 0.05) is 65.4 Å². The Balaban J connectivity index is 1.11. The summed E-state index contributed by atoms with van der Waals surface area (Å²) in [6, 6.07) is 18.8. The fraction of sp³-hybridized carbons (Fsp3) is 0.316. The van der Waals surface area contributed by atoms with E-state index in [1.165, 1.54) is 11.3 Å². The van der Waals surface area contributed by atoms with Crippen molar-refractivity contribution in [2.24, 2.45) is 5.92 Å². The summed E-state index contributed by atoms with van der Waals surface area (Å²) in [4.78, 5) is 34.9. The largest absolute Gasteiger partial charge is 0.481 e. The van der Waals surface area contributed by atoms with Crippen molar-refractivity contribution in [1.82, 2.24) is 25.5 Å². The summed E-state index contributed by atoms with van der Waals surface area (Å²) in [5, 5.41) is 18.1. The van der Waals surface area contributed by atoms with Crippen LogP contribution in [0.3, 0.4) is 0 Å². The van der Waals surface area contributed by atoms with Gasteiger partial charge < -0.3 is 25.2 Å². The Morgan fingerprint density at radius 2 is 1.81 bits per heavy atom. The Bertz CT molecular complexity index is 2150. The van der Waals surface area contributed by atoms with E-state index in [1.54, 1.807) is 19.2 Å². The zero-order valence-corrected chi connectivity index (χ0v) is 31.3. The first-order valence-corrected chi connectivity index (χ1v) is 19.0. The summed E-state index contributed by atoms with van der Waals surface area (Å²) in [5.74, 6) is 0.316. The maximum absolute atomic E-state index is 11.6. The van der Waals surface area contributed by atoms with Gasteiger partial charge in [0.25, 0.3) is 0 Å². The van der Waals surface area contributed by atoms with Crippen molar-refractivity contribution in [2.75, 3.05) is 26.7 Å². The molecule has 10 nitrogen and oxygen atoms in total. The highest BCUT2D eigenvalue weighted by Crippen LogP contribution is 2.44. The molecule has 1 unspecified atom stereocenters. The van der Waals surface area contributed by atoms with E-state index in [0.29, 0.717) is 99.4 Å². The summed E-state index contributed by atoms with van der Waals surface area (Å²) in [5.41, 5.74) is 4.27. The average molecular weight is 781 g/mol. The van der Waals surface area contributed by atoms with Crippen molar-refractivity contribution in [3.8, 4) is 39.8 Å². The Labute approximate surface area is 320 Å². The van der Waals surface area contributed by atoms with E-state index in [9.17, 15) is 14.7 Å². The van der Waals surface area contributed by atoms with Crippen LogP contribution in [0.1, 0.15) is 36.3 Å². The first-order chi connectivity index (χ1) is 25.2. The molecule has 14 heteroatoms. The second-order valence-corrected chi connectivity index (χ2v) is 15.3. The van der Waals surface area contributed by atoms with Gasteiger partial charge in [-0.05, 0) is 44.0 Å². The van der Waals surface area contributed by atoms with Crippen molar-refractivity contribution in [3.05, 3.63) is 86.3 Å². The molecule has 1 amide bonds. The second-order valence-electron chi connectivity index (χ2n) is 13.0.